The third-order valence-electron chi connectivity index (χ3n) is 3.79. The van der Waals surface area contributed by atoms with Crippen LogP contribution in [-0.4, -0.2) is 48.8 Å². The molecule has 1 aliphatic carbocycles. The minimum atomic E-state index is -0.232. The van der Waals surface area contributed by atoms with Crippen LogP contribution in [0.2, 0.25) is 0 Å². The Balaban J connectivity index is 0.00000288. The Labute approximate surface area is 159 Å². The first-order valence-electron chi connectivity index (χ1n) is 8.23. The van der Waals surface area contributed by atoms with Gasteiger partial charge in [0.1, 0.15) is 0 Å². The van der Waals surface area contributed by atoms with Crippen LogP contribution in [0.25, 0.3) is 0 Å². The third-order valence-corrected chi connectivity index (χ3v) is 3.79. The summed E-state index contributed by atoms with van der Waals surface area (Å²) in [4.78, 5) is 16.2. The van der Waals surface area contributed by atoms with E-state index in [0.29, 0.717) is 24.9 Å². The fourth-order valence-corrected chi connectivity index (χ4v) is 2.57. The highest BCUT2D eigenvalue weighted by Crippen LogP contribution is 2.18. The maximum absolute atomic E-state index is 11.7. The van der Waals surface area contributed by atoms with Crippen LogP contribution in [0.1, 0.15) is 43.2 Å². The normalized spacial score (nSPS) is 20.8. The lowest BCUT2D eigenvalue weighted by atomic mass is 9.93. The van der Waals surface area contributed by atoms with E-state index in [9.17, 15) is 9.90 Å². The summed E-state index contributed by atoms with van der Waals surface area (Å²) in [6, 6.07) is 3.65. The van der Waals surface area contributed by atoms with Gasteiger partial charge in [0.2, 0.25) is 0 Å². The molecule has 0 atom stereocenters. The van der Waals surface area contributed by atoms with Gasteiger partial charge in [0.15, 0.2) is 11.7 Å². The number of aliphatic hydroxyl groups excluding tert-OH is 1. The number of rotatable bonds is 6. The van der Waals surface area contributed by atoms with Gasteiger partial charge in [0.05, 0.1) is 18.9 Å². The zero-order valence-corrected chi connectivity index (χ0v) is 16.3. The lowest BCUT2D eigenvalue weighted by molar-refractivity contribution is 0.0927. The molecule has 0 spiro atoms. The number of nitrogens with one attached hydrogen (secondary N) is 3. The number of guanidine groups is 1. The van der Waals surface area contributed by atoms with Crippen molar-refractivity contribution in [1.29, 1.82) is 0 Å². The molecule has 0 radical (unpaired) electrons. The number of aliphatic hydroxyl groups is 1. The summed E-state index contributed by atoms with van der Waals surface area (Å²) in [5.74, 6) is 0.824. The maximum Gasteiger partial charge on any atom is 0.287 e. The molecule has 0 saturated heterocycles. The van der Waals surface area contributed by atoms with Gasteiger partial charge in [-0.2, -0.15) is 0 Å². The van der Waals surface area contributed by atoms with Crippen molar-refractivity contribution in [1.82, 2.24) is 16.0 Å². The van der Waals surface area contributed by atoms with E-state index in [-0.39, 0.29) is 36.0 Å². The summed E-state index contributed by atoms with van der Waals surface area (Å²) >= 11 is 0. The average Bonchev–Trinajstić information content (AvgIpc) is 3.08. The van der Waals surface area contributed by atoms with Crippen LogP contribution in [-0.2, 0) is 0 Å². The lowest BCUT2D eigenvalue weighted by Gasteiger charge is -2.27. The number of halogens is 1. The SMILES string of the molecule is CCNC(=NCCNC(=O)c1ccco1)NC1CCC(O)CC1.I. The number of furan rings is 1. The van der Waals surface area contributed by atoms with E-state index < -0.39 is 0 Å². The molecule has 1 aromatic rings. The molecule has 8 heteroatoms. The van der Waals surface area contributed by atoms with Crippen molar-refractivity contribution >= 4 is 35.8 Å². The van der Waals surface area contributed by atoms with Crippen molar-refractivity contribution in [3.05, 3.63) is 24.2 Å². The van der Waals surface area contributed by atoms with Gasteiger partial charge in [0, 0.05) is 19.1 Å². The summed E-state index contributed by atoms with van der Waals surface area (Å²) in [5, 5.41) is 18.9. The fourth-order valence-electron chi connectivity index (χ4n) is 2.57. The maximum atomic E-state index is 11.7. The Morgan fingerprint density at radius 1 is 1.33 bits per heavy atom. The quantitative estimate of drug-likeness (QED) is 0.228. The van der Waals surface area contributed by atoms with Crippen molar-refractivity contribution in [2.24, 2.45) is 4.99 Å². The Bertz CT molecular complexity index is 499. The number of nitrogens with zero attached hydrogens (tertiary/aromatic N) is 1. The van der Waals surface area contributed by atoms with Crippen molar-refractivity contribution in [2.75, 3.05) is 19.6 Å². The van der Waals surface area contributed by atoms with Gasteiger partial charge in [-0.1, -0.05) is 0 Å². The van der Waals surface area contributed by atoms with Crippen LogP contribution < -0.4 is 16.0 Å². The highest BCUT2D eigenvalue weighted by atomic mass is 127. The van der Waals surface area contributed by atoms with Crippen LogP contribution in [0.3, 0.4) is 0 Å². The number of aliphatic imine (C=N–C) groups is 1. The van der Waals surface area contributed by atoms with Crippen LogP contribution in [0, 0.1) is 0 Å². The molecule has 1 heterocycles. The second-order valence-electron chi connectivity index (χ2n) is 5.64. The standard InChI is InChI=1S/C16H26N4O3.HI/c1-2-17-16(20-12-5-7-13(21)8-6-12)19-10-9-18-15(22)14-4-3-11-23-14;/h3-4,11-13,21H,2,5-10H2,1H3,(H,18,22)(H2,17,19,20);1H. The molecule has 4 N–H and O–H groups in total. The Hall–Kier alpha value is -1.29. The molecule has 0 bridgehead atoms. The Morgan fingerprint density at radius 2 is 2.08 bits per heavy atom. The number of carbonyl (C=O) groups excluding carboxylic acids is 1. The molecular formula is C16H27IN4O3. The Kier molecular flexibility index (Phi) is 9.77. The van der Waals surface area contributed by atoms with E-state index in [1.54, 1.807) is 12.1 Å². The van der Waals surface area contributed by atoms with Crippen molar-refractivity contribution in [3.8, 4) is 0 Å². The number of hydrogen-bond acceptors (Lipinski definition) is 4. The molecule has 1 amide bonds. The molecule has 7 nitrogen and oxygen atoms in total. The molecule has 136 valence electrons. The monoisotopic (exact) mass is 450 g/mol. The van der Waals surface area contributed by atoms with Gasteiger partial charge < -0.3 is 25.5 Å². The van der Waals surface area contributed by atoms with Gasteiger partial charge in [-0.05, 0) is 44.7 Å². The van der Waals surface area contributed by atoms with Gasteiger partial charge in [-0.3, -0.25) is 9.79 Å². The van der Waals surface area contributed by atoms with Crippen LogP contribution in [0.4, 0.5) is 0 Å². The molecule has 1 aliphatic rings. The molecule has 0 aliphatic heterocycles. The van der Waals surface area contributed by atoms with Crippen LogP contribution in [0.5, 0.6) is 0 Å². The smallest absolute Gasteiger partial charge is 0.287 e. The molecule has 1 saturated carbocycles. The van der Waals surface area contributed by atoms with Crippen LogP contribution >= 0.6 is 24.0 Å². The zero-order valence-electron chi connectivity index (χ0n) is 14.0. The third kappa shape index (κ3) is 7.08. The number of amides is 1. The number of hydrogen-bond donors (Lipinski definition) is 4. The van der Waals surface area contributed by atoms with E-state index in [2.05, 4.69) is 20.9 Å². The van der Waals surface area contributed by atoms with E-state index in [4.69, 9.17) is 4.42 Å². The van der Waals surface area contributed by atoms with Crippen molar-refractivity contribution < 1.29 is 14.3 Å². The van der Waals surface area contributed by atoms with E-state index >= 15 is 0 Å². The topological polar surface area (TPSA) is 98.9 Å². The first kappa shape index (κ1) is 20.8. The largest absolute Gasteiger partial charge is 0.459 e. The van der Waals surface area contributed by atoms with Crippen molar-refractivity contribution in [3.63, 3.8) is 0 Å². The average molecular weight is 450 g/mol. The summed E-state index contributed by atoms with van der Waals surface area (Å²) in [5.41, 5.74) is 0. The summed E-state index contributed by atoms with van der Waals surface area (Å²) < 4.78 is 5.03. The van der Waals surface area contributed by atoms with Crippen LogP contribution in [0.15, 0.2) is 27.8 Å². The lowest BCUT2D eigenvalue weighted by Crippen LogP contribution is -2.45. The molecule has 1 aromatic heterocycles. The first-order valence-corrected chi connectivity index (χ1v) is 8.23. The summed E-state index contributed by atoms with van der Waals surface area (Å²) in [6.07, 6.45) is 4.86. The predicted octanol–water partition coefficient (Wildman–Crippen LogP) is 1.49. The van der Waals surface area contributed by atoms with E-state index in [1.165, 1.54) is 6.26 Å². The van der Waals surface area contributed by atoms with Gasteiger partial charge in [0.25, 0.3) is 5.91 Å². The molecule has 1 fully saturated rings. The molecule has 0 aromatic carbocycles. The van der Waals surface area contributed by atoms with Crippen molar-refractivity contribution in [2.45, 2.75) is 44.8 Å². The highest BCUT2D eigenvalue weighted by molar-refractivity contribution is 14.0. The second kappa shape index (κ2) is 11.3. The summed E-state index contributed by atoms with van der Waals surface area (Å²) in [6.45, 7) is 3.72. The zero-order chi connectivity index (χ0) is 16.5. The first-order chi connectivity index (χ1) is 11.2. The minimum absolute atomic E-state index is 0. The molecule has 24 heavy (non-hydrogen) atoms. The number of carbonyl (C=O) groups is 1. The molecule has 2 rings (SSSR count). The van der Waals surface area contributed by atoms with Gasteiger partial charge in [-0.15, -0.1) is 24.0 Å². The van der Waals surface area contributed by atoms with Gasteiger partial charge in [-0.25, -0.2) is 0 Å². The molecule has 0 unspecified atom stereocenters. The summed E-state index contributed by atoms with van der Waals surface area (Å²) in [7, 11) is 0. The van der Waals surface area contributed by atoms with E-state index in [1.807, 2.05) is 6.92 Å². The minimum Gasteiger partial charge on any atom is -0.459 e. The Morgan fingerprint density at radius 3 is 2.71 bits per heavy atom. The van der Waals surface area contributed by atoms with E-state index in [0.717, 1.165) is 38.2 Å². The van der Waals surface area contributed by atoms with Gasteiger partial charge >= 0.3 is 0 Å². The fraction of sp³-hybridized carbons (Fsp3) is 0.625. The highest BCUT2D eigenvalue weighted by Gasteiger charge is 2.19. The molecular weight excluding hydrogens is 423 g/mol. The second-order valence-corrected chi connectivity index (χ2v) is 5.64. The predicted molar refractivity (Wildman–Crippen MR) is 104 cm³/mol.